The minimum Gasteiger partial charge on any atom is -0.258 e. The predicted molar refractivity (Wildman–Crippen MR) is 73.1 cm³/mol. The lowest BCUT2D eigenvalue weighted by molar-refractivity contribution is -0.384. The molecule has 0 spiro atoms. The number of nitrogens with zero attached hydrogens (tertiary/aromatic N) is 1. The summed E-state index contributed by atoms with van der Waals surface area (Å²) in [6.07, 6.45) is 0. The Morgan fingerprint density at radius 3 is 2.06 bits per heavy atom. The molecule has 4 heteroatoms. The molecule has 0 N–H and O–H groups in total. The molecular weight excluding hydrogens is 246 g/mol. The summed E-state index contributed by atoms with van der Waals surface area (Å²) >= 11 is 1.64. The second-order valence-electron chi connectivity index (χ2n) is 4.07. The fourth-order valence-electron chi connectivity index (χ4n) is 1.71. The van der Waals surface area contributed by atoms with Crippen molar-refractivity contribution >= 4 is 17.4 Å². The van der Waals surface area contributed by atoms with Gasteiger partial charge >= 0.3 is 0 Å². The zero-order chi connectivity index (χ0) is 13.1. The molecule has 0 radical (unpaired) electrons. The smallest absolute Gasteiger partial charge is 0.258 e. The fourth-order valence-corrected chi connectivity index (χ4v) is 2.68. The van der Waals surface area contributed by atoms with Crippen LogP contribution in [0.3, 0.4) is 0 Å². The summed E-state index contributed by atoms with van der Waals surface area (Å²) in [4.78, 5) is 12.4. The molecule has 2 aromatic carbocycles. The monoisotopic (exact) mass is 259 g/mol. The van der Waals surface area contributed by atoms with E-state index in [-0.39, 0.29) is 10.6 Å². The van der Waals surface area contributed by atoms with Crippen molar-refractivity contribution in [2.75, 3.05) is 0 Å². The maximum atomic E-state index is 10.6. The van der Waals surface area contributed by atoms with Crippen molar-refractivity contribution in [2.45, 2.75) is 23.6 Å². The van der Waals surface area contributed by atoms with E-state index < -0.39 is 0 Å². The van der Waals surface area contributed by atoms with E-state index in [1.165, 1.54) is 28.2 Å². The first-order valence-electron chi connectivity index (χ1n) is 5.56. The first kappa shape index (κ1) is 12.6. The molecule has 0 fully saturated rings. The van der Waals surface area contributed by atoms with Gasteiger partial charge in [0.15, 0.2) is 0 Å². The molecule has 0 aliphatic heterocycles. The summed E-state index contributed by atoms with van der Waals surface area (Å²) in [5, 5.41) is 10.6. The minimum absolute atomic E-state index is 0.126. The molecule has 3 nitrogen and oxygen atoms in total. The highest BCUT2D eigenvalue weighted by Crippen LogP contribution is 2.33. The van der Waals surface area contributed by atoms with Crippen LogP contribution in [0.4, 0.5) is 5.69 Å². The Kier molecular flexibility index (Phi) is 3.67. The van der Waals surface area contributed by atoms with Crippen LogP contribution in [0.15, 0.2) is 52.3 Å². The largest absolute Gasteiger partial charge is 0.269 e. The number of non-ortho nitro benzene ring substituents is 1. The second-order valence-corrected chi connectivity index (χ2v) is 5.16. The lowest BCUT2D eigenvalue weighted by Crippen LogP contribution is -1.87. The van der Waals surface area contributed by atoms with Crippen molar-refractivity contribution in [3.8, 4) is 0 Å². The van der Waals surface area contributed by atoms with Gasteiger partial charge in [0.1, 0.15) is 0 Å². The van der Waals surface area contributed by atoms with Crippen LogP contribution >= 0.6 is 11.8 Å². The van der Waals surface area contributed by atoms with Crippen molar-refractivity contribution in [2.24, 2.45) is 0 Å². The van der Waals surface area contributed by atoms with Gasteiger partial charge in [-0.25, -0.2) is 0 Å². The van der Waals surface area contributed by atoms with Gasteiger partial charge in [-0.2, -0.15) is 0 Å². The van der Waals surface area contributed by atoms with Crippen molar-refractivity contribution in [1.29, 1.82) is 0 Å². The lowest BCUT2D eigenvalue weighted by atomic mass is 10.2. The summed E-state index contributed by atoms with van der Waals surface area (Å²) in [7, 11) is 0. The summed E-state index contributed by atoms with van der Waals surface area (Å²) in [6.45, 7) is 4.14. The zero-order valence-corrected chi connectivity index (χ0v) is 11.0. The SMILES string of the molecule is Cc1cccc(C)c1Sc1ccc([N+](=O)[O-])cc1. The van der Waals surface area contributed by atoms with Gasteiger partial charge in [-0.05, 0) is 37.1 Å². The van der Waals surface area contributed by atoms with Gasteiger partial charge in [0.05, 0.1) is 4.92 Å². The number of rotatable bonds is 3. The summed E-state index contributed by atoms with van der Waals surface area (Å²) < 4.78 is 0. The average Bonchev–Trinajstić information content (AvgIpc) is 2.34. The molecule has 0 aromatic heterocycles. The van der Waals surface area contributed by atoms with Gasteiger partial charge in [0.25, 0.3) is 5.69 Å². The highest BCUT2D eigenvalue weighted by atomic mass is 32.2. The third-order valence-corrected chi connectivity index (χ3v) is 4.03. The Hall–Kier alpha value is -1.81. The number of nitro groups is 1. The molecule has 0 bridgehead atoms. The van der Waals surface area contributed by atoms with Crippen LogP contribution in [0.2, 0.25) is 0 Å². The molecule has 2 aromatic rings. The molecule has 18 heavy (non-hydrogen) atoms. The van der Waals surface area contributed by atoms with Gasteiger partial charge in [-0.15, -0.1) is 0 Å². The normalized spacial score (nSPS) is 10.3. The first-order valence-corrected chi connectivity index (χ1v) is 6.38. The molecule has 0 aliphatic rings. The number of hydrogen-bond acceptors (Lipinski definition) is 3. The Balaban J connectivity index is 2.26. The van der Waals surface area contributed by atoms with Crippen LogP contribution in [0.25, 0.3) is 0 Å². The highest BCUT2D eigenvalue weighted by Gasteiger charge is 2.07. The van der Waals surface area contributed by atoms with Crippen molar-refractivity contribution < 1.29 is 4.92 Å². The third-order valence-electron chi connectivity index (χ3n) is 2.68. The van der Waals surface area contributed by atoms with E-state index in [0.29, 0.717) is 0 Å². The molecule has 0 aliphatic carbocycles. The number of benzene rings is 2. The molecule has 0 amide bonds. The van der Waals surface area contributed by atoms with Crippen LogP contribution in [-0.2, 0) is 0 Å². The van der Waals surface area contributed by atoms with Gasteiger partial charge in [0.2, 0.25) is 0 Å². The van der Waals surface area contributed by atoms with Crippen LogP contribution < -0.4 is 0 Å². The Morgan fingerprint density at radius 2 is 1.56 bits per heavy atom. The predicted octanol–water partition coefficient (Wildman–Crippen LogP) is 4.36. The number of nitro benzene ring substituents is 1. The minimum atomic E-state index is -0.381. The van der Waals surface area contributed by atoms with E-state index >= 15 is 0 Å². The molecule has 2 rings (SSSR count). The summed E-state index contributed by atoms with van der Waals surface area (Å²) in [6, 6.07) is 12.8. The Bertz CT molecular complexity index is 559. The molecule has 0 unspecified atom stereocenters. The molecule has 92 valence electrons. The van der Waals surface area contributed by atoms with Crippen LogP contribution in [0.1, 0.15) is 11.1 Å². The molecule has 0 saturated heterocycles. The van der Waals surface area contributed by atoms with E-state index in [2.05, 4.69) is 26.0 Å². The van der Waals surface area contributed by atoms with Crippen molar-refractivity contribution in [3.05, 3.63) is 63.7 Å². The fraction of sp³-hybridized carbons (Fsp3) is 0.143. The van der Waals surface area contributed by atoms with Gasteiger partial charge in [0, 0.05) is 21.9 Å². The van der Waals surface area contributed by atoms with Crippen LogP contribution in [0, 0.1) is 24.0 Å². The van der Waals surface area contributed by atoms with E-state index in [1.54, 1.807) is 23.9 Å². The lowest BCUT2D eigenvalue weighted by Gasteiger charge is -2.08. The molecule has 0 saturated carbocycles. The van der Waals surface area contributed by atoms with E-state index in [1.807, 2.05) is 6.07 Å². The molecule has 0 heterocycles. The number of aryl methyl sites for hydroxylation is 2. The summed E-state index contributed by atoms with van der Waals surface area (Å²) in [5.74, 6) is 0. The van der Waals surface area contributed by atoms with Crippen molar-refractivity contribution in [3.63, 3.8) is 0 Å². The van der Waals surface area contributed by atoms with E-state index in [0.717, 1.165) is 4.90 Å². The topological polar surface area (TPSA) is 43.1 Å². The zero-order valence-electron chi connectivity index (χ0n) is 10.2. The number of hydrogen-bond donors (Lipinski definition) is 0. The van der Waals surface area contributed by atoms with Crippen molar-refractivity contribution in [1.82, 2.24) is 0 Å². The second kappa shape index (κ2) is 5.23. The highest BCUT2D eigenvalue weighted by molar-refractivity contribution is 7.99. The average molecular weight is 259 g/mol. The van der Waals surface area contributed by atoms with Gasteiger partial charge in [-0.3, -0.25) is 10.1 Å². The Morgan fingerprint density at radius 1 is 1.00 bits per heavy atom. The first-order chi connectivity index (χ1) is 8.58. The maximum Gasteiger partial charge on any atom is 0.269 e. The summed E-state index contributed by atoms with van der Waals surface area (Å²) in [5.41, 5.74) is 2.57. The van der Waals surface area contributed by atoms with E-state index in [9.17, 15) is 10.1 Å². The van der Waals surface area contributed by atoms with Gasteiger partial charge in [-0.1, -0.05) is 30.0 Å². The van der Waals surface area contributed by atoms with E-state index in [4.69, 9.17) is 0 Å². The molecule has 0 atom stereocenters. The quantitative estimate of drug-likeness (QED) is 0.607. The van der Waals surface area contributed by atoms with Crippen LogP contribution in [-0.4, -0.2) is 4.92 Å². The molecular formula is C14H13NO2S. The maximum absolute atomic E-state index is 10.6. The Labute approximate surface area is 110 Å². The van der Waals surface area contributed by atoms with Crippen LogP contribution in [0.5, 0.6) is 0 Å². The van der Waals surface area contributed by atoms with Gasteiger partial charge < -0.3 is 0 Å². The standard InChI is InChI=1S/C14H13NO2S/c1-10-4-3-5-11(2)14(10)18-13-8-6-12(7-9-13)15(16)17/h3-9H,1-2H3. The third kappa shape index (κ3) is 2.71.